The second-order valence-electron chi connectivity index (χ2n) is 2.14. The predicted octanol–water partition coefficient (Wildman–Crippen LogP) is 2.63. The molecule has 0 spiro atoms. The highest BCUT2D eigenvalue weighted by atomic mass is 14.3. The molecule has 1 unspecified atom stereocenters. The molecular formula is C8H15N. The van der Waals surface area contributed by atoms with Crippen molar-refractivity contribution in [2.24, 2.45) is 5.92 Å². The lowest BCUT2D eigenvalue weighted by atomic mass is 10.0. The molecule has 0 aromatic heterocycles. The van der Waals surface area contributed by atoms with Crippen LogP contribution in [0.3, 0.4) is 0 Å². The van der Waals surface area contributed by atoms with E-state index in [0.717, 1.165) is 12.8 Å². The molecule has 1 atom stereocenters. The van der Waals surface area contributed by atoms with Crippen molar-refractivity contribution in [1.82, 2.24) is 0 Å². The first-order chi connectivity index (χ1) is 4.35. The van der Waals surface area contributed by atoms with Crippen LogP contribution in [0.15, 0.2) is 12.2 Å². The number of rotatable bonds is 4. The maximum atomic E-state index is 6.98. The smallest absolute Gasteiger partial charge is 0.00138 e. The predicted molar refractivity (Wildman–Crippen MR) is 42.0 cm³/mol. The van der Waals surface area contributed by atoms with Crippen LogP contribution in [0.5, 0.6) is 0 Å². The molecule has 0 bridgehead atoms. The molecule has 0 fully saturated rings. The Morgan fingerprint density at radius 3 is 2.56 bits per heavy atom. The van der Waals surface area contributed by atoms with Crippen molar-refractivity contribution in [2.75, 3.05) is 0 Å². The molecule has 0 saturated carbocycles. The van der Waals surface area contributed by atoms with E-state index in [4.69, 9.17) is 5.41 Å². The third kappa shape index (κ3) is 3.95. The van der Waals surface area contributed by atoms with Crippen LogP contribution in [0.25, 0.3) is 0 Å². The Morgan fingerprint density at radius 1 is 1.56 bits per heavy atom. The van der Waals surface area contributed by atoms with Gasteiger partial charge in [0.05, 0.1) is 0 Å². The fourth-order valence-corrected chi connectivity index (χ4v) is 0.663. The first-order valence-corrected chi connectivity index (χ1v) is 3.46. The van der Waals surface area contributed by atoms with Gasteiger partial charge in [0.25, 0.3) is 0 Å². The number of allylic oxidation sites excluding steroid dienone is 2. The van der Waals surface area contributed by atoms with Crippen LogP contribution in [0.4, 0.5) is 0 Å². The lowest BCUT2D eigenvalue weighted by Gasteiger charge is -2.01. The van der Waals surface area contributed by atoms with Gasteiger partial charge in [-0.1, -0.05) is 19.1 Å². The molecule has 0 rings (SSSR count). The lowest BCUT2D eigenvalue weighted by molar-refractivity contribution is 0.687. The minimum absolute atomic E-state index is 0.459. The fourth-order valence-electron chi connectivity index (χ4n) is 0.663. The minimum Gasteiger partial charge on any atom is -0.313 e. The molecule has 0 aromatic rings. The Morgan fingerprint density at radius 2 is 2.22 bits per heavy atom. The molecule has 0 saturated heterocycles. The Labute approximate surface area is 57.3 Å². The van der Waals surface area contributed by atoms with Crippen molar-refractivity contribution in [1.29, 1.82) is 5.41 Å². The average molecular weight is 125 g/mol. The summed E-state index contributed by atoms with van der Waals surface area (Å²) in [6, 6.07) is 0. The summed E-state index contributed by atoms with van der Waals surface area (Å²) < 4.78 is 0. The number of nitrogens with one attached hydrogen (secondary N) is 1. The van der Waals surface area contributed by atoms with Gasteiger partial charge in [0.1, 0.15) is 0 Å². The highest BCUT2D eigenvalue weighted by molar-refractivity contribution is 5.56. The van der Waals surface area contributed by atoms with Crippen LogP contribution >= 0.6 is 0 Å². The molecule has 0 amide bonds. The van der Waals surface area contributed by atoms with E-state index < -0.39 is 0 Å². The zero-order valence-electron chi connectivity index (χ0n) is 6.22. The molecule has 0 aliphatic carbocycles. The third-order valence-electron chi connectivity index (χ3n) is 1.43. The minimum atomic E-state index is 0.459. The zero-order valence-corrected chi connectivity index (χ0v) is 6.22. The van der Waals surface area contributed by atoms with Gasteiger partial charge in [-0.25, -0.2) is 0 Å². The first-order valence-electron chi connectivity index (χ1n) is 3.46. The summed E-state index contributed by atoms with van der Waals surface area (Å²) in [7, 11) is 0. The van der Waals surface area contributed by atoms with E-state index in [-0.39, 0.29) is 0 Å². The van der Waals surface area contributed by atoms with Crippen LogP contribution in [0, 0.1) is 11.3 Å². The van der Waals surface area contributed by atoms with E-state index in [1.807, 2.05) is 13.0 Å². The summed E-state index contributed by atoms with van der Waals surface area (Å²) in [6.45, 7) is 4.12. The second kappa shape index (κ2) is 5.54. The molecule has 9 heavy (non-hydrogen) atoms. The maximum Gasteiger partial charge on any atom is -0.00138 e. The Bertz CT molecular complexity index is 94.7. The van der Waals surface area contributed by atoms with E-state index in [1.54, 1.807) is 0 Å². The molecule has 0 heterocycles. The average Bonchev–Trinajstić information content (AvgIpc) is 1.91. The topological polar surface area (TPSA) is 23.9 Å². The summed E-state index contributed by atoms with van der Waals surface area (Å²) in [6.07, 6.45) is 7.77. The van der Waals surface area contributed by atoms with E-state index in [1.165, 1.54) is 6.21 Å². The van der Waals surface area contributed by atoms with Gasteiger partial charge in [0.15, 0.2) is 0 Å². The third-order valence-corrected chi connectivity index (χ3v) is 1.43. The summed E-state index contributed by atoms with van der Waals surface area (Å²) in [5.74, 6) is 0.459. The standard InChI is InChI=1S/C8H15N/c1-3-5-6-8(4-2)7-9/h3,5,7-9H,4,6H2,1-2H3/b5-3-,9-7?. The van der Waals surface area contributed by atoms with Crippen molar-refractivity contribution in [3.63, 3.8) is 0 Å². The molecule has 1 heteroatoms. The van der Waals surface area contributed by atoms with Gasteiger partial charge < -0.3 is 5.41 Å². The number of hydrogen-bond acceptors (Lipinski definition) is 1. The Balaban J connectivity index is 3.42. The van der Waals surface area contributed by atoms with Crippen molar-refractivity contribution < 1.29 is 0 Å². The molecular weight excluding hydrogens is 110 g/mol. The summed E-state index contributed by atoms with van der Waals surface area (Å²) in [4.78, 5) is 0. The maximum absolute atomic E-state index is 6.98. The van der Waals surface area contributed by atoms with Crippen molar-refractivity contribution in [3.8, 4) is 0 Å². The molecule has 1 N–H and O–H groups in total. The second-order valence-corrected chi connectivity index (χ2v) is 2.14. The molecule has 0 aromatic carbocycles. The van der Waals surface area contributed by atoms with Crippen LogP contribution in [0.2, 0.25) is 0 Å². The van der Waals surface area contributed by atoms with Crippen LogP contribution in [0.1, 0.15) is 26.7 Å². The molecule has 0 aliphatic rings. The quantitative estimate of drug-likeness (QED) is 0.441. The van der Waals surface area contributed by atoms with Gasteiger partial charge in [-0.15, -0.1) is 0 Å². The molecule has 0 aliphatic heterocycles. The molecule has 0 radical (unpaired) electrons. The van der Waals surface area contributed by atoms with Crippen LogP contribution in [-0.4, -0.2) is 6.21 Å². The van der Waals surface area contributed by atoms with E-state index in [9.17, 15) is 0 Å². The fraction of sp³-hybridized carbons (Fsp3) is 0.625. The first kappa shape index (κ1) is 8.41. The molecule has 52 valence electrons. The van der Waals surface area contributed by atoms with Gasteiger partial charge in [-0.05, 0) is 31.9 Å². The van der Waals surface area contributed by atoms with Crippen LogP contribution in [-0.2, 0) is 0 Å². The SMILES string of the molecule is C/C=C\CC(C=N)CC. The normalized spacial score (nSPS) is 14.0. The van der Waals surface area contributed by atoms with Gasteiger partial charge in [0, 0.05) is 0 Å². The number of hydrogen-bond donors (Lipinski definition) is 1. The van der Waals surface area contributed by atoms with Crippen molar-refractivity contribution >= 4 is 6.21 Å². The zero-order chi connectivity index (χ0) is 7.11. The van der Waals surface area contributed by atoms with Gasteiger partial charge >= 0.3 is 0 Å². The van der Waals surface area contributed by atoms with E-state index in [0.29, 0.717) is 5.92 Å². The van der Waals surface area contributed by atoms with E-state index in [2.05, 4.69) is 13.0 Å². The largest absolute Gasteiger partial charge is 0.313 e. The Kier molecular flexibility index (Phi) is 5.18. The highest BCUT2D eigenvalue weighted by Crippen LogP contribution is 2.04. The summed E-state index contributed by atoms with van der Waals surface area (Å²) in [5, 5.41) is 6.98. The van der Waals surface area contributed by atoms with Gasteiger partial charge in [-0.3, -0.25) is 0 Å². The summed E-state index contributed by atoms with van der Waals surface area (Å²) >= 11 is 0. The van der Waals surface area contributed by atoms with Crippen molar-refractivity contribution in [3.05, 3.63) is 12.2 Å². The molecule has 1 nitrogen and oxygen atoms in total. The van der Waals surface area contributed by atoms with Gasteiger partial charge in [0.2, 0.25) is 0 Å². The lowest BCUT2D eigenvalue weighted by Crippen LogP contribution is -1.96. The summed E-state index contributed by atoms with van der Waals surface area (Å²) in [5.41, 5.74) is 0. The Hall–Kier alpha value is -0.590. The van der Waals surface area contributed by atoms with Gasteiger partial charge in [-0.2, -0.15) is 0 Å². The van der Waals surface area contributed by atoms with Crippen LogP contribution < -0.4 is 0 Å². The van der Waals surface area contributed by atoms with E-state index >= 15 is 0 Å². The highest BCUT2D eigenvalue weighted by Gasteiger charge is 1.96. The monoisotopic (exact) mass is 125 g/mol. The van der Waals surface area contributed by atoms with Crippen molar-refractivity contribution in [2.45, 2.75) is 26.7 Å².